The predicted molar refractivity (Wildman–Crippen MR) is 122 cm³/mol. The molecule has 0 radical (unpaired) electrons. The van der Waals surface area contributed by atoms with Gasteiger partial charge >= 0.3 is 0 Å². The Morgan fingerprint density at radius 2 is 1.94 bits per heavy atom. The van der Waals surface area contributed by atoms with Crippen LogP contribution >= 0.6 is 11.6 Å². The van der Waals surface area contributed by atoms with Crippen LogP contribution < -0.4 is 15.8 Å². The molecule has 1 saturated carbocycles. The molecule has 2 fully saturated rings. The van der Waals surface area contributed by atoms with Gasteiger partial charge in [0.05, 0.1) is 12.5 Å². The van der Waals surface area contributed by atoms with Crippen molar-refractivity contribution in [2.24, 2.45) is 11.8 Å². The molecule has 0 unspecified atom stereocenters. The first-order valence-corrected chi connectivity index (χ1v) is 11.7. The summed E-state index contributed by atoms with van der Waals surface area (Å²) in [7, 11) is 2.03. The van der Waals surface area contributed by atoms with Gasteiger partial charge in [-0.05, 0) is 44.8 Å². The quantitative estimate of drug-likeness (QED) is 0.211. The van der Waals surface area contributed by atoms with Crippen LogP contribution in [0.5, 0.6) is 0 Å². The molecule has 3 atom stereocenters. The van der Waals surface area contributed by atoms with Crippen molar-refractivity contribution in [3.63, 3.8) is 0 Å². The summed E-state index contributed by atoms with van der Waals surface area (Å²) in [6, 6.07) is 0.377. The molecule has 3 N–H and O–H groups in total. The van der Waals surface area contributed by atoms with Gasteiger partial charge in [-0.1, -0.05) is 25.7 Å². The Morgan fingerprint density at radius 3 is 2.55 bits per heavy atom. The van der Waals surface area contributed by atoms with Crippen LogP contribution in [0, 0.1) is 17.7 Å². The first-order chi connectivity index (χ1) is 15.7. The highest BCUT2D eigenvalue weighted by atomic mass is 35.5. The van der Waals surface area contributed by atoms with Gasteiger partial charge in [0.25, 0.3) is 0 Å². The number of hydrazine groups is 1. The number of carbonyl (C=O) groups excluding carboxylic acids is 2. The monoisotopic (exact) mass is 485 g/mol. The third kappa shape index (κ3) is 6.42. The lowest BCUT2D eigenvalue weighted by molar-refractivity contribution is -0.154. The van der Waals surface area contributed by atoms with Gasteiger partial charge in [-0.15, -0.1) is 0 Å². The molecule has 1 saturated heterocycles. The Balaban J connectivity index is 1.71. The summed E-state index contributed by atoms with van der Waals surface area (Å²) in [5.74, 6) is -1.67. The van der Waals surface area contributed by atoms with Crippen LogP contribution in [0.2, 0.25) is 5.28 Å². The average Bonchev–Trinajstić information content (AvgIpc) is 3.29. The maximum Gasteiger partial charge on any atom is 0.243 e. The molecule has 0 aromatic carbocycles. The summed E-state index contributed by atoms with van der Waals surface area (Å²) in [4.78, 5) is 35.7. The fourth-order valence-corrected chi connectivity index (χ4v) is 4.85. The number of piperazine rings is 1. The van der Waals surface area contributed by atoms with Gasteiger partial charge < -0.3 is 4.90 Å². The number of likely N-dealkylation sites (N-methyl/N-ethyl adjacent to an activating group) is 1. The van der Waals surface area contributed by atoms with Crippen molar-refractivity contribution in [1.29, 1.82) is 0 Å². The van der Waals surface area contributed by atoms with E-state index in [1.165, 1.54) is 0 Å². The van der Waals surface area contributed by atoms with Gasteiger partial charge in [-0.2, -0.15) is 14.4 Å². The lowest BCUT2D eigenvalue weighted by atomic mass is 9.92. The molecule has 184 valence electrons. The van der Waals surface area contributed by atoms with Gasteiger partial charge in [-0.25, -0.2) is 5.06 Å². The van der Waals surface area contributed by atoms with Gasteiger partial charge in [0.15, 0.2) is 11.6 Å². The van der Waals surface area contributed by atoms with Crippen molar-refractivity contribution in [2.45, 2.75) is 58.0 Å². The zero-order chi connectivity index (χ0) is 24.1. The number of amides is 2. The minimum atomic E-state index is -0.715. The number of carbonyl (C=O) groups is 2. The van der Waals surface area contributed by atoms with Crippen molar-refractivity contribution in [3.05, 3.63) is 11.1 Å². The third-order valence-corrected chi connectivity index (χ3v) is 6.93. The zero-order valence-electron chi connectivity index (χ0n) is 19.3. The van der Waals surface area contributed by atoms with Crippen molar-refractivity contribution in [3.8, 4) is 0 Å². The maximum atomic E-state index is 15.3. The van der Waals surface area contributed by atoms with E-state index in [4.69, 9.17) is 11.6 Å². The summed E-state index contributed by atoms with van der Waals surface area (Å²) >= 11 is 6.06. The zero-order valence-corrected chi connectivity index (χ0v) is 20.1. The van der Waals surface area contributed by atoms with E-state index in [2.05, 4.69) is 39.6 Å². The first kappa shape index (κ1) is 25.4. The fourth-order valence-electron chi connectivity index (χ4n) is 4.68. The summed E-state index contributed by atoms with van der Waals surface area (Å²) in [5, 5.41) is 9.92. The van der Waals surface area contributed by atoms with Gasteiger partial charge in [0, 0.05) is 25.2 Å². The van der Waals surface area contributed by atoms with Gasteiger partial charge in [-0.3, -0.25) is 30.5 Å². The van der Waals surface area contributed by atoms with Crippen LogP contribution in [-0.2, 0) is 9.59 Å². The first-order valence-electron chi connectivity index (χ1n) is 11.4. The normalized spacial score (nSPS) is 22.8. The molecular weight excluding hydrogens is 453 g/mol. The Bertz CT molecular complexity index is 830. The summed E-state index contributed by atoms with van der Waals surface area (Å²) in [5.41, 5.74) is 4.99. The molecule has 0 bridgehead atoms. The minimum absolute atomic E-state index is 0.0727. The second kappa shape index (κ2) is 11.3. The van der Waals surface area contributed by atoms with Crippen LogP contribution in [0.4, 0.5) is 16.0 Å². The van der Waals surface area contributed by atoms with Gasteiger partial charge in [0.2, 0.25) is 23.4 Å². The Morgan fingerprint density at radius 1 is 1.30 bits per heavy atom. The van der Waals surface area contributed by atoms with E-state index in [9.17, 15) is 14.8 Å². The number of aromatic nitrogens is 2. The number of anilines is 2. The molecule has 3 rings (SSSR count). The summed E-state index contributed by atoms with van der Waals surface area (Å²) in [6.45, 7) is 5.09. The number of rotatable bonds is 9. The molecule has 2 aliphatic rings. The lowest BCUT2D eigenvalue weighted by Crippen LogP contribution is -2.55. The lowest BCUT2D eigenvalue weighted by Gasteiger charge is -2.43. The molecule has 2 amide bonds. The number of hydrogen-bond acceptors (Lipinski definition) is 8. The van der Waals surface area contributed by atoms with Gasteiger partial charge in [0.1, 0.15) is 0 Å². The fraction of sp³-hybridized carbons (Fsp3) is 0.714. The van der Waals surface area contributed by atoms with E-state index >= 15 is 4.39 Å². The van der Waals surface area contributed by atoms with Crippen molar-refractivity contribution in [1.82, 2.24) is 25.4 Å². The van der Waals surface area contributed by atoms with E-state index in [1.807, 2.05) is 11.9 Å². The van der Waals surface area contributed by atoms with Crippen LogP contribution in [0.15, 0.2) is 0 Å². The molecule has 1 aliphatic heterocycles. The highest BCUT2D eigenvalue weighted by molar-refractivity contribution is 6.28. The van der Waals surface area contributed by atoms with Crippen LogP contribution in [-0.4, -0.2) is 76.2 Å². The predicted octanol–water partition coefficient (Wildman–Crippen LogP) is 2.29. The Hall–Kier alpha value is -2.24. The summed E-state index contributed by atoms with van der Waals surface area (Å²) < 4.78 is 15.3. The largest absolute Gasteiger partial charge is 0.351 e. The molecule has 1 aliphatic carbocycles. The smallest absolute Gasteiger partial charge is 0.243 e. The van der Waals surface area contributed by atoms with Crippen molar-refractivity contribution < 1.29 is 19.2 Å². The third-order valence-electron chi connectivity index (χ3n) is 6.76. The van der Waals surface area contributed by atoms with E-state index in [0.717, 1.165) is 25.7 Å². The van der Waals surface area contributed by atoms with E-state index in [0.29, 0.717) is 30.5 Å². The minimum Gasteiger partial charge on any atom is -0.351 e. The van der Waals surface area contributed by atoms with Crippen molar-refractivity contribution >= 4 is 35.6 Å². The van der Waals surface area contributed by atoms with E-state index < -0.39 is 17.6 Å². The van der Waals surface area contributed by atoms with E-state index in [-0.39, 0.29) is 42.0 Å². The topological polar surface area (TPSA) is 114 Å². The maximum absolute atomic E-state index is 15.3. The number of hydrogen-bond donors (Lipinski definition) is 3. The van der Waals surface area contributed by atoms with Crippen LogP contribution in [0.25, 0.3) is 0 Å². The number of nitrogens with one attached hydrogen (secondary N) is 2. The molecule has 2 heterocycles. The second-order valence-electron chi connectivity index (χ2n) is 9.17. The number of halogens is 2. The van der Waals surface area contributed by atoms with Crippen LogP contribution in [0.1, 0.15) is 46.0 Å². The Labute approximate surface area is 198 Å². The number of nitrogens with zero attached hydrogens (tertiary/aromatic N) is 5. The second-order valence-corrected chi connectivity index (χ2v) is 9.51. The molecule has 0 spiro atoms. The highest BCUT2D eigenvalue weighted by Crippen LogP contribution is 2.31. The standard InChI is InChI=1S/C21H33ClFN7O3/c1-13-9-29(10-14(2)28(13)3)19-17(23)18(24-21(22)25-19)26-27-20(32)16(11-30(33)12-31)8-15-6-4-5-7-15/h12-16,33H,4-11H2,1-3H3,(H,27,32)(H,24,25,26)/t13-,14-,16+/m0/s1. The van der Waals surface area contributed by atoms with E-state index in [1.54, 1.807) is 0 Å². The molecule has 33 heavy (non-hydrogen) atoms. The van der Waals surface area contributed by atoms with Crippen molar-refractivity contribution in [2.75, 3.05) is 37.0 Å². The average molecular weight is 486 g/mol. The van der Waals surface area contributed by atoms with Crippen LogP contribution in [0.3, 0.4) is 0 Å². The number of hydroxylamine groups is 2. The molecule has 1 aromatic heterocycles. The molecule has 10 nitrogen and oxygen atoms in total. The Kier molecular flexibility index (Phi) is 8.66. The SMILES string of the molecule is C[C@H]1CN(c2nc(Cl)nc(NNC(=O)[C@H](CC3CCCC3)CN(O)C=O)c2F)C[C@H](C)N1C. The summed E-state index contributed by atoms with van der Waals surface area (Å²) in [6.07, 6.45) is 5.00. The molecular formula is C21H33ClFN7O3. The molecule has 12 heteroatoms. The molecule has 1 aromatic rings. The highest BCUT2D eigenvalue weighted by Gasteiger charge is 2.31.